The molecule has 0 radical (unpaired) electrons. The van der Waals surface area contributed by atoms with Crippen molar-refractivity contribution in [1.29, 1.82) is 0 Å². The van der Waals surface area contributed by atoms with Crippen molar-refractivity contribution < 1.29 is 9.90 Å². The minimum atomic E-state index is -0.988. The lowest BCUT2D eigenvalue weighted by molar-refractivity contribution is 0.0697. The van der Waals surface area contributed by atoms with Gasteiger partial charge in [0, 0.05) is 11.7 Å². The fourth-order valence-corrected chi connectivity index (χ4v) is 2.76. The van der Waals surface area contributed by atoms with Gasteiger partial charge in [-0.15, -0.1) is 0 Å². The number of halogens is 1. The van der Waals surface area contributed by atoms with Crippen LogP contribution in [0.15, 0.2) is 18.2 Å². The van der Waals surface area contributed by atoms with Gasteiger partial charge >= 0.3 is 5.97 Å². The first kappa shape index (κ1) is 14.2. The first-order chi connectivity index (χ1) is 8.87. The highest BCUT2D eigenvalue weighted by Gasteiger charge is 2.26. The van der Waals surface area contributed by atoms with Crippen molar-refractivity contribution in [3.05, 3.63) is 28.8 Å². The lowest BCUT2D eigenvalue weighted by Crippen LogP contribution is -2.29. The van der Waals surface area contributed by atoms with Crippen molar-refractivity contribution in [3.8, 4) is 0 Å². The number of carboxylic acids is 1. The molecule has 2 rings (SSSR count). The van der Waals surface area contributed by atoms with Gasteiger partial charge in [0.1, 0.15) is 0 Å². The SMILES string of the molecule is CC1(C)CCC(Nc2ccc(Cl)c(C(=O)O)c2)CC1. The zero-order valence-corrected chi connectivity index (χ0v) is 12.1. The second kappa shape index (κ2) is 5.41. The van der Waals surface area contributed by atoms with E-state index >= 15 is 0 Å². The van der Waals surface area contributed by atoms with Crippen LogP contribution >= 0.6 is 11.6 Å². The van der Waals surface area contributed by atoms with Gasteiger partial charge in [0.2, 0.25) is 0 Å². The smallest absolute Gasteiger partial charge is 0.337 e. The van der Waals surface area contributed by atoms with Gasteiger partial charge in [-0.2, -0.15) is 0 Å². The van der Waals surface area contributed by atoms with Gasteiger partial charge in [-0.1, -0.05) is 25.4 Å². The molecular formula is C15H20ClNO2. The molecule has 1 aromatic carbocycles. The topological polar surface area (TPSA) is 49.3 Å². The van der Waals surface area contributed by atoms with E-state index in [0.29, 0.717) is 11.5 Å². The van der Waals surface area contributed by atoms with Crippen LogP contribution in [0.3, 0.4) is 0 Å². The Hall–Kier alpha value is -1.22. The van der Waals surface area contributed by atoms with Crippen LogP contribution in [0.4, 0.5) is 5.69 Å². The molecule has 0 atom stereocenters. The van der Waals surface area contributed by atoms with E-state index in [2.05, 4.69) is 19.2 Å². The summed E-state index contributed by atoms with van der Waals surface area (Å²) >= 11 is 5.86. The van der Waals surface area contributed by atoms with Gasteiger partial charge in [-0.3, -0.25) is 0 Å². The van der Waals surface area contributed by atoms with Crippen LogP contribution in [-0.4, -0.2) is 17.1 Å². The predicted octanol–water partition coefficient (Wildman–Crippen LogP) is 4.42. The number of carbonyl (C=O) groups is 1. The van der Waals surface area contributed by atoms with Crippen LogP contribution in [0.5, 0.6) is 0 Å². The second-order valence-corrected chi connectivity index (χ2v) is 6.49. The Morgan fingerprint density at radius 3 is 2.58 bits per heavy atom. The summed E-state index contributed by atoms with van der Waals surface area (Å²) in [5.41, 5.74) is 1.43. The first-order valence-corrected chi connectivity index (χ1v) is 7.04. The molecule has 0 spiro atoms. The standard InChI is InChI=1S/C15H20ClNO2/c1-15(2)7-5-10(6-8-15)17-11-3-4-13(16)12(9-11)14(18)19/h3-4,9-10,17H,5-8H2,1-2H3,(H,18,19). The number of hydrogen-bond acceptors (Lipinski definition) is 2. The highest BCUT2D eigenvalue weighted by atomic mass is 35.5. The highest BCUT2D eigenvalue weighted by molar-refractivity contribution is 6.33. The van der Waals surface area contributed by atoms with E-state index in [4.69, 9.17) is 16.7 Å². The van der Waals surface area contributed by atoms with E-state index in [1.165, 1.54) is 12.8 Å². The Balaban J connectivity index is 2.04. The summed E-state index contributed by atoms with van der Waals surface area (Å²) in [6.45, 7) is 4.60. The quantitative estimate of drug-likeness (QED) is 0.862. The van der Waals surface area contributed by atoms with Crippen LogP contribution < -0.4 is 5.32 Å². The van der Waals surface area contributed by atoms with Crippen LogP contribution in [0.2, 0.25) is 5.02 Å². The molecule has 0 saturated heterocycles. The van der Waals surface area contributed by atoms with E-state index in [9.17, 15) is 4.79 Å². The summed E-state index contributed by atoms with van der Waals surface area (Å²) in [6, 6.07) is 5.52. The molecule has 3 nitrogen and oxygen atoms in total. The number of nitrogens with one attached hydrogen (secondary N) is 1. The number of benzene rings is 1. The summed E-state index contributed by atoms with van der Waals surface area (Å²) in [7, 11) is 0. The number of aromatic carboxylic acids is 1. The molecule has 2 N–H and O–H groups in total. The molecule has 0 unspecified atom stereocenters. The zero-order valence-electron chi connectivity index (χ0n) is 11.4. The number of anilines is 1. The minimum absolute atomic E-state index is 0.155. The molecule has 0 heterocycles. The third kappa shape index (κ3) is 3.63. The van der Waals surface area contributed by atoms with Gasteiger partial charge in [0.25, 0.3) is 0 Å². The molecule has 1 aliphatic rings. The molecule has 19 heavy (non-hydrogen) atoms. The largest absolute Gasteiger partial charge is 0.478 e. The number of rotatable bonds is 3. The minimum Gasteiger partial charge on any atom is -0.478 e. The molecular weight excluding hydrogens is 262 g/mol. The maximum Gasteiger partial charge on any atom is 0.337 e. The number of carboxylic acid groups (broad SMARTS) is 1. The lowest BCUT2D eigenvalue weighted by atomic mass is 9.75. The third-order valence-electron chi connectivity index (χ3n) is 3.91. The average Bonchev–Trinajstić information content (AvgIpc) is 2.34. The molecule has 104 valence electrons. The maximum atomic E-state index is 11.0. The molecule has 0 bridgehead atoms. The van der Waals surface area contributed by atoms with E-state index in [1.807, 2.05) is 6.07 Å². The zero-order chi connectivity index (χ0) is 14.0. The van der Waals surface area contributed by atoms with Gasteiger partial charge in [0.05, 0.1) is 10.6 Å². The fourth-order valence-electron chi connectivity index (χ4n) is 2.56. The lowest BCUT2D eigenvalue weighted by Gasteiger charge is -2.35. The molecule has 0 aromatic heterocycles. The van der Waals surface area contributed by atoms with Crippen molar-refractivity contribution in [2.45, 2.75) is 45.6 Å². The van der Waals surface area contributed by atoms with Crippen LogP contribution in [0, 0.1) is 5.41 Å². The summed E-state index contributed by atoms with van der Waals surface area (Å²) in [5, 5.41) is 12.8. The van der Waals surface area contributed by atoms with E-state index in [1.54, 1.807) is 12.1 Å². The molecule has 1 aliphatic carbocycles. The number of hydrogen-bond donors (Lipinski definition) is 2. The maximum absolute atomic E-state index is 11.0. The third-order valence-corrected chi connectivity index (χ3v) is 4.24. The summed E-state index contributed by atoms with van der Waals surface area (Å²) in [4.78, 5) is 11.0. The Morgan fingerprint density at radius 1 is 1.37 bits per heavy atom. The Morgan fingerprint density at radius 2 is 2.00 bits per heavy atom. The van der Waals surface area contributed by atoms with E-state index in [-0.39, 0.29) is 10.6 Å². The van der Waals surface area contributed by atoms with Crippen LogP contribution in [0.1, 0.15) is 49.9 Å². The first-order valence-electron chi connectivity index (χ1n) is 6.67. The fraction of sp³-hybridized carbons (Fsp3) is 0.533. The van der Waals surface area contributed by atoms with E-state index in [0.717, 1.165) is 18.5 Å². The highest BCUT2D eigenvalue weighted by Crippen LogP contribution is 2.36. The van der Waals surface area contributed by atoms with Crippen molar-refractivity contribution in [1.82, 2.24) is 0 Å². The average molecular weight is 282 g/mol. The van der Waals surface area contributed by atoms with E-state index < -0.39 is 5.97 Å². The Kier molecular flexibility index (Phi) is 4.04. The summed E-state index contributed by atoms with van der Waals surface area (Å²) in [6.07, 6.45) is 4.64. The Bertz CT molecular complexity index is 475. The second-order valence-electron chi connectivity index (χ2n) is 6.08. The molecule has 1 saturated carbocycles. The molecule has 1 fully saturated rings. The normalized spacial score (nSPS) is 19.1. The van der Waals surface area contributed by atoms with Gasteiger partial charge < -0.3 is 10.4 Å². The monoisotopic (exact) mass is 281 g/mol. The molecule has 0 amide bonds. The summed E-state index contributed by atoms with van der Waals surface area (Å²) < 4.78 is 0. The van der Waals surface area contributed by atoms with Crippen molar-refractivity contribution in [2.24, 2.45) is 5.41 Å². The Labute approximate surface area is 119 Å². The van der Waals surface area contributed by atoms with Crippen molar-refractivity contribution in [2.75, 3.05) is 5.32 Å². The van der Waals surface area contributed by atoms with Crippen LogP contribution in [0.25, 0.3) is 0 Å². The molecule has 1 aromatic rings. The molecule has 4 heteroatoms. The molecule has 0 aliphatic heterocycles. The van der Waals surface area contributed by atoms with Crippen LogP contribution in [-0.2, 0) is 0 Å². The van der Waals surface area contributed by atoms with Crippen molar-refractivity contribution in [3.63, 3.8) is 0 Å². The predicted molar refractivity (Wildman–Crippen MR) is 78.1 cm³/mol. The van der Waals surface area contributed by atoms with Gasteiger partial charge in [-0.25, -0.2) is 4.79 Å². The van der Waals surface area contributed by atoms with Gasteiger partial charge in [-0.05, 0) is 49.3 Å². The van der Waals surface area contributed by atoms with Gasteiger partial charge in [0.15, 0.2) is 0 Å². The summed E-state index contributed by atoms with van der Waals surface area (Å²) in [5.74, 6) is -0.988. The van der Waals surface area contributed by atoms with Crippen molar-refractivity contribution >= 4 is 23.3 Å².